The Labute approximate surface area is 109 Å². The van der Waals surface area contributed by atoms with Gasteiger partial charge in [0.2, 0.25) is 0 Å². The molecule has 2 unspecified atom stereocenters. The average molecular weight is 251 g/mol. The Kier molecular flexibility index (Phi) is 4.72. The number of methoxy groups -OCH3 is 1. The number of hydrogen-bond acceptors (Lipinski definition) is 2. The largest absolute Gasteiger partial charge is 0.382 e. The van der Waals surface area contributed by atoms with E-state index >= 15 is 0 Å². The molecule has 1 fully saturated rings. The minimum atomic E-state index is -0.108. The molecule has 1 aliphatic rings. The van der Waals surface area contributed by atoms with E-state index in [4.69, 9.17) is 4.74 Å². The van der Waals surface area contributed by atoms with E-state index in [-0.39, 0.29) is 17.8 Å². The zero-order valence-electron chi connectivity index (χ0n) is 11.2. The molecular formula is C15H22FNO. The Morgan fingerprint density at radius 2 is 2.11 bits per heavy atom. The molecule has 1 N–H and O–H groups in total. The molecule has 2 nitrogen and oxygen atoms in total. The first-order valence-corrected chi connectivity index (χ1v) is 6.71. The number of rotatable bonds is 7. The summed E-state index contributed by atoms with van der Waals surface area (Å²) in [4.78, 5) is 0. The summed E-state index contributed by atoms with van der Waals surface area (Å²) in [6.07, 6.45) is 3.50. The van der Waals surface area contributed by atoms with Crippen molar-refractivity contribution in [1.82, 2.24) is 5.32 Å². The molecule has 100 valence electrons. The molecule has 0 spiro atoms. The zero-order valence-corrected chi connectivity index (χ0v) is 11.2. The van der Waals surface area contributed by atoms with Crippen molar-refractivity contribution in [3.05, 3.63) is 35.6 Å². The van der Waals surface area contributed by atoms with Crippen LogP contribution in [0.5, 0.6) is 0 Å². The predicted molar refractivity (Wildman–Crippen MR) is 71.3 cm³/mol. The van der Waals surface area contributed by atoms with Gasteiger partial charge in [0, 0.05) is 25.6 Å². The van der Waals surface area contributed by atoms with Crippen LogP contribution in [0.2, 0.25) is 0 Å². The third-order valence-electron chi connectivity index (χ3n) is 3.59. The van der Waals surface area contributed by atoms with E-state index in [1.54, 1.807) is 13.2 Å². The molecule has 1 aromatic carbocycles. The molecule has 0 aromatic heterocycles. The monoisotopic (exact) mass is 251 g/mol. The molecule has 0 bridgehead atoms. The van der Waals surface area contributed by atoms with Crippen LogP contribution >= 0.6 is 0 Å². The summed E-state index contributed by atoms with van der Waals surface area (Å²) in [5.74, 6) is 0.0742. The van der Waals surface area contributed by atoms with E-state index in [2.05, 4.69) is 5.32 Å². The highest BCUT2D eigenvalue weighted by Crippen LogP contribution is 2.26. The number of nitrogens with one attached hydrogen (secondary N) is 1. The molecule has 18 heavy (non-hydrogen) atoms. The van der Waals surface area contributed by atoms with E-state index in [9.17, 15) is 4.39 Å². The van der Waals surface area contributed by atoms with Gasteiger partial charge in [-0.25, -0.2) is 4.39 Å². The van der Waals surface area contributed by atoms with Crippen molar-refractivity contribution in [1.29, 1.82) is 0 Å². The van der Waals surface area contributed by atoms with Gasteiger partial charge in [0.15, 0.2) is 0 Å². The number of benzene rings is 1. The van der Waals surface area contributed by atoms with Crippen molar-refractivity contribution in [2.45, 2.75) is 44.2 Å². The summed E-state index contributed by atoms with van der Waals surface area (Å²) in [6, 6.07) is 7.72. The number of halogens is 1. The van der Waals surface area contributed by atoms with Crippen LogP contribution in [0.1, 0.15) is 37.7 Å². The van der Waals surface area contributed by atoms with Gasteiger partial charge in [0.1, 0.15) is 5.82 Å². The van der Waals surface area contributed by atoms with E-state index < -0.39 is 0 Å². The Hall–Kier alpha value is -0.930. The summed E-state index contributed by atoms with van der Waals surface area (Å²) < 4.78 is 19.2. The number of ether oxygens (including phenoxy) is 1. The van der Waals surface area contributed by atoms with Gasteiger partial charge in [0.25, 0.3) is 0 Å². The normalized spacial score (nSPS) is 18.6. The number of hydrogen-bond donors (Lipinski definition) is 1. The summed E-state index contributed by atoms with van der Waals surface area (Å²) in [5.41, 5.74) is 0.801. The van der Waals surface area contributed by atoms with Crippen LogP contribution in [-0.4, -0.2) is 25.8 Å². The van der Waals surface area contributed by atoms with Gasteiger partial charge in [0.05, 0.1) is 6.10 Å². The lowest BCUT2D eigenvalue weighted by molar-refractivity contribution is 0.103. The smallest absolute Gasteiger partial charge is 0.126 e. The molecule has 0 radical (unpaired) electrons. The second-order valence-corrected chi connectivity index (χ2v) is 5.18. The van der Waals surface area contributed by atoms with Crippen LogP contribution in [-0.2, 0) is 4.74 Å². The molecule has 0 aliphatic heterocycles. The maximum Gasteiger partial charge on any atom is 0.126 e. The summed E-state index contributed by atoms with van der Waals surface area (Å²) in [6.45, 7) is 2.87. The first-order valence-electron chi connectivity index (χ1n) is 6.71. The van der Waals surface area contributed by atoms with Gasteiger partial charge in [-0.3, -0.25) is 0 Å². The third-order valence-corrected chi connectivity index (χ3v) is 3.59. The SMILES string of the molecule is COC(C)CC(CNC1CC1)c1ccccc1F. The molecule has 1 saturated carbocycles. The van der Waals surface area contributed by atoms with Gasteiger partial charge < -0.3 is 10.1 Å². The first-order chi connectivity index (χ1) is 8.70. The summed E-state index contributed by atoms with van der Waals surface area (Å²) in [7, 11) is 1.71. The van der Waals surface area contributed by atoms with Crippen molar-refractivity contribution < 1.29 is 9.13 Å². The van der Waals surface area contributed by atoms with Gasteiger partial charge in [-0.15, -0.1) is 0 Å². The lowest BCUT2D eigenvalue weighted by Crippen LogP contribution is -2.26. The predicted octanol–water partition coefficient (Wildman–Crippen LogP) is 3.09. The fourth-order valence-corrected chi connectivity index (χ4v) is 2.22. The van der Waals surface area contributed by atoms with Crippen molar-refractivity contribution >= 4 is 0 Å². The van der Waals surface area contributed by atoms with Crippen LogP contribution in [0.25, 0.3) is 0 Å². The molecule has 2 atom stereocenters. The Bertz CT molecular complexity index is 379. The molecular weight excluding hydrogens is 229 g/mol. The first kappa shape index (κ1) is 13.5. The molecule has 3 heteroatoms. The van der Waals surface area contributed by atoms with Crippen LogP contribution in [0.15, 0.2) is 24.3 Å². The molecule has 1 aromatic rings. The van der Waals surface area contributed by atoms with Gasteiger partial charge in [-0.2, -0.15) is 0 Å². The van der Waals surface area contributed by atoms with Crippen LogP contribution in [0, 0.1) is 5.82 Å². The Balaban J connectivity index is 2.04. The molecule has 0 heterocycles. The van der Waals surface area contributed by atoms with Crippen molar-refractivity contribution in [2.75, 3.05) is 13.7 Å². The fourth-order valence-electron chi connectivity index (χ4n) is 2.22. The summed E-state index contributed by atoms with van der Waals surface area (Å²) >= 11 is 0. The van der Waals surface area contributed by atoms with E-state index in [1.807, 2.05) is 19.1 Å². The second-order valence-electron chi connectivity index (χ2n) is 5.18. The highest BCUT2D eigenvalue weighted by molar-refractivity contribution is 5.22. The van der Waals surface area contributed by atoms with Crippen LogP contribution in [0.3, 0.4) is 0 Å². The molecule has 1 aliphatic carbocycles. The minimum absolute atomic E-state index is 0.108. The topological polar surface area (TPSA) is 21.3 Å². The Morgan fingerprint density at radius 1 is 1.39 bits per heavy atom. The lowest BCUT2D eigenvalue weighted by Gasteiger charge is -2.21. The molecule has 2 rings (SSSR count). The summed E-state index contributed by atoms with van der Waals surface area (Å²) in [5, 5.41) is 3.49. The zero-order chi connectivity index (χ0) is 13.0. The third kappa shape index (κ3) is 3.79. The molecule has 0 saturated heterocycles. The maximum atomic E-state index is 13.9. The maximum absolute atomic E-state index is 13.9. The fraction of sp³-hybridized carbons (Fsp3) is 0.600. The quantitative estimate of drug-likeness (QED) is 0.804. The van der Waals surface area contributed by atoms with Crippen molar-refractivity contribution in [3.63, 3.8) is 0 Å². The highest BCUT2D eigenvalue weighted by atomic mass is 19.1. The van der Waals surface area contributed by atoms with Crippen molar-refractivity contribution in [3.8, 4) is 0 Å². The standard InChI is InChI=1S/C15H22FNO/c1-11(18-2)9-12(10-17-13-7-8-13)14-5-3-4-6-15(14)16/h3-6,11-13,17H,7-10H2,1-2H3. The van der Waals surface area contributed by atoms with E-state index in [0.29, 0.717) is 6.04 Å². The van der Waals surface area contributed by atoms with Crippen molar-refractivity contribution in [2.24, 2.45) is 0 Å². The molecule has 0 amide bonds. The second kappa shape index (κ2) is 6.30. The van der Waals surface area contributed by atoms with E-state index in [1.165, 1.54) is 18.9 Å². The van der Waals surface area contributed by atoms with Gasteiger partial charge >= 0.3 is 0 Å². The highest BCUT2D eigenvalue weighted by Gasteiger charge is 2.24. The van der Waals surface area contributed by atoms with E-state index in [0.717, 1.165) is 18.5 Å². The lowest BCUT2D eigenvalue weighted by atomic mass is 9.93. The van der Waals surface area contributed by atoms with Crippen LogP contribution < -0.4 is 5.32 Å². The van der Waals surface area contributed by atoms with Gasteiger partial charge in [-0.05, 0) is 37.8 Å². The van der Waals surface area contributed by atoms with Gasteiger partial charge in [-0.1, -0.05) is 18.2 Å². The van der Waals surface area contributed by atoms with Crippen LogP contribution in [0.4, 0.5) is 4.39 Å². The average Bonchev–Trinajstić information content (AvgIpc) is 3.19. The Morgan fingerprint density at radius 3 is 2.72 bits per heavy atom. The minimum Gasteiger partial charge on any atom is -0.382 e.